The molecule has 0 unspecified atom stereocenters. The Kier molecular flexibility index (Phi) is 11.0. The zero-order valence-electron chi connectivity index (χ0n) is 28.3. The average molecular weight is 661 g/mol. The molecule has 0 aliphatic rings. The second-order valence-electron chi connectivity index (χ2n) is 12.2. The first-order chi connectivity index (χ1) is 24.4. The molecule has 250 valence electrons. The Morgan fingerprint density at radius 2 is 0.860 bits per heavy atom. The molecule has 0 aromatic heterocycles. The summed E-state index contributed by atoms with van der Waals surface area (Å²) in [6.45, 7) is 5.09. The summed E-state index contributed by atoms with van der Waals surface area (Å²) in [6, 6.07) is 46.7. The fourth-order valence-electron chi connectivity index (χ4n) is 5.62. The highest BCUT2D eigenvalue weighted by molar-refractivity contribution is 6.05. The van der Waals surface area contributed by atoms with E-state index in [4.69, 9.17) is 9.47 Å². The van der Waals surface area contributed by atoms with Gasteiger partial charge in [0.2, 0.25) is 0 Å². The number of aryl methyl sites for hydroxylation is 2. The first-order valence-corrected chi connectivity index (χ1v) is 16.8. The lowest BCUT2D eigenvalue weighted by Crippen LogP contribution is -2.13. The van der Waals surface area contributed by atoms with Crippen LogP contribution < -0.4 is 20.1 Å². The number of hydrogen-bond donors (Lipinski definition) is 2. The van der Waals surface area contributed by atoms with Gasteiger partial charge in [0.15, 0.2) is 0 Å². The van der Waals surface area contributed by atoms with Crippen molar-refractivity contribution in [2.45, 2.75) is 26.7 Å². The standard InChI is InChI=1S/C44H40N2O4/c1-31-29-37(17-23-41(31)45-43(47)35-13-19-39(20-14-35)49-27-25-33-9-5-3-6-10-33)38-18-24-42(32(2)30-38)46-44(48)36-15-21-40(22-16-36)50-28-26-34-11-7-4-8-12-34/h3-24,29-30H,25-28H2,1-2H3,(H,45,47)(H,46,48). The molecule has 6 aromatic carbocycles. The highest BCUT2D eigenvalue weighted by Crippen LogP contribution is 2.29. The lowest BCUT2D eigenvalue weighted by Gasteiger charge is -2.13. The first-order valence-electron chi connectivity index (χ1n) is 16.8. The van der Waals surface area contributed by atoms with E-state index >= 15 is 0 Å². The molecule has 6 heteroatoms. The molecule has 0 aliphatic heterocycles. The van der Waals surface area contributed by atoms with Crippen molar-refractivity contribution in [2.24, 2.45) is 0 Å². The molecule has 0 bridgehead atoms. The van der Waals surface area contributed by atoms with Crippen LogP contribution in [0.3, 0.4) is 0 Å². The van der Waals surface area contributed by atoms with E-state index in [9.17, 15) is 9.59 Å². The van der Waals surface area contributed by atoms with Crippen molar-refractivity contribution < 1.29 is 19.1 Å². The summed E-state index contributed by atoms with van der Waals surface area (Å²) in [6.07, 6.45) is 1.64. The van der Waals surface area contributed by atoms with Gasteiger partial charge in [0.1, 0.15) is 11.5 Å². The van der Waals surface area contributed by atoms with Crippen LogP contribution in [0.1, 0.15) is 43.0 Å². The molecule has 50 heavy (non-hydrogen) atoms. The van der Waals surface area contributed by atoms with Gasteiger partial charge in [0, 0.05) is 35.3 Å². The van der Waals surface area contributed by atoms with Crippen LogP contribution in [0.2, 0.25) is 0 Å². The number of hydrogen-bond acceptors (Lipinski definition) is 4. The summed E-state index contributed by atoms with van der Waals surface area (Å²) in [5, 5.41) is 6.06. The van der Waals surface area contributed by atoms with E-state index in [-0.39, 0.29) is 11.8 Å². The highest BCUT2D eigenvalue weighted by Gasteiger charge is 2.12. The van der Waals surface area contributed by atoms with Crippen LogP contribution in [-0.2, 0) is 12.8 Å². The van der Waals surface area contributed by atoms with Gasteiger partial charge >= 0.3 is 0 Å². The summed E-state index contributed by atoms with van der Waals surface area (Å²) in [5.74, 6) is 1.09. The van der Waals surface area contributed by atoms with E-state index < -0.39 is 0 Å². The minimum Gasteiger partial charge on any atom is -0.493 e. The molecule has 0 radical (unpaired) electrons. The minimum atomic E-state index is -0.183. The van der Waals surface area contributed by atoms with Gasteiger partial charge in [-0.25, -0.2) is 0 Å². The highest BCUT2D eigenvalue weighted by atomic mass is 16.5. The van der Waals surface area contributed by atoms with Gasteiger partial charge < -0.3 is 20.1 Å². The lowest BCUT2D eigenvalue weighted by molar-refractivity contribution is 0.101. The van der Waals surface area contributed by atoms with E-state index in [1.54, 1.807) is 24.3 Å². The largest absolute Gasteiger partial charge is 0.493 e. The van der Waals surface area contributed by atoms with E-state index in [0.29, 0.717) is 24.3 Å². The third kappa shape index (κ3) is 9.05. The fraction of sp³-hybridized carbons (Fsp3) is 0.136. The van der Waals surface area contributed by atoms with Crippen molar-refractivity contribution in [3.8, 4) is 22.6 Å². The quantitative estimate of drug-likeness (QED) is 0.129. The molecule has 0 atom stereocenters. The smallest absolute Gasteiger partial charge is 0.255 e. The maximum absolute atomic E-state index is 13.0. The summed E-state index contributed by atoms with van der Waals surface area (Å²) < 4.78 is 11.7. The second kappa shape index (κ2) is 16.3. The van der Waals surface area contributed by atoms with Crippen molar-refractivity contribution in [1.29, 1.82) is 0 Å². The topological polar surface area (TPSA) is 76.7 Å². The van der Waals surface area contributed by atoms with Crippen LogP contribution in [0.15, 0.2) is 146 Å². The molecule has 2 N–H and O–H groups in total. The zero-order chi connectivity index (χ0) is 34.7. The molecule has 0 aliphatic carbocycles. The zero-order valence-corrected chi connectivity index (χ0v) is 28.3. The minimum absolute atomic E-state index is 0.183. The predicted octanol–water partition coefficient (Wildman–Crippen LogP) is 9.72. The third-order valence-corrected chi connectivity index (χ3v) is 8.52. The van der Waals surface area contributed by atoms with Crippen molar-refractivity contribution in [3.05, 3.63) is 179 Å². The van der Waals surface area contributed by atoms with Crippen LogP contribution in [-0.4, -0.2) is 25.0 Å². The van der Waals surface area contributed by atoms with Crippen LogP contribution >= 0.6 is 0 Å². The molecule has 0 heterocycles. The SMILES string of the molecule is Cc1cc(-c2ccc(NC(=O)c3ccc(OCCc4ccccc4)cc3)c(C)c2)ccc1NC(=O)c1ccc(OCCc2ccccc2)cc1. The van der Waals surface area contributed by atoms with Gasteiger partial charge in [-0.1, -0.05) is 72.8 Å². The molecule has 6 nitrogen and oxygen atoms in total. The number of carbonyl (C=O) groups is 2. The first kappa shape index (κ1) is 33.7. The third-order valence-electron chi connectivity index (χ3n) is 8.52. The number of carbonyl (C=O) groups excluding carboxylic acids is 2. The Morgan fingerprint density at radius 3 is 1.22 bits per heavy atom. The van der Waals surface area contributed by atoms with Gasteiger partial charge in [-0.2, -0.15) is 0 Å². The lowest BCUT2D eigenvalue weighted by atomic mass is 9.99. The Balaban J connectivity index is 1.00. The van der Waals surface area contributed by atoms with E-state index in [0.717, 1.165) is 58.0 Å². The van der Waals surface area contributed by atoms with E-state index in [1.165, 1.54) is 11.1 Å². The molecular formula is C44H40N2O4. The molecule has 0 saturated carbocycles. The van der Waals surface area contributed by atoms with E-state index in [1.807, 2.05) is 98.8 Å². The van der Waals surface area contributed by atoms with Gasteiger partial charge in [-0.3, -0.25) is 9.59 Å². The van der Waals surface area contributed by atoms with Crippen LogP contribution in [0.25, 0.3) is 11.1 Å². The van der Waals surface area contributed by atoms with E-state index in [2.05, 4.69) is 47.0 Å². The molecule has 6 aromatic rings. The molecule has 0 fully saturated rings. The molecule has 2 amide bonds. The van der Waals surface area contributed by atoms with Crippen molar-refractivity contribution in [1.82, 2.24) is 0 Å². The number of ether oxygens (including phenoxy) is 2. The Labute approximate surface area is 293 Å². The van der Waals surface area contributed by atoms with Crippen LogP contribution in [0.5, 0.6) is 11.5 Å². The van der Waals surface area contributed by atoms with Crippen molar-refractivity contribution >= 4 is 23.2 Å². The monoisotopic (exact) mass is 660 g/mol. The summed E-state index contributed by atoms with van der Waals surface area (Å²) in [4.78, 5) is 26.0. The normalized spacial score (nSPS) is 10.7. The number of nitrogens with one attached hydrogen (secondary N) is 2. The van der Waals surface area contributed by atoms with Crippen LogP contribution in [0.4, 0.5) is 11.4 Å². The van der Waals surface area contributed by atoms with Crippen LogP contribution in [0, 0.1) is 13.8 Å². The number of anilines is 2. The van der Waals surface area contributed by atoms with Gasteiger partial charge in [0.25, 0.3) is 11.8 Å². The Morgan fingerprint density at radius 1 is 0.480 bits per heavy atom. The Hall–Kier alpha value is -6.14. The van der Waals surface area contributed by atoms with Crippen molar-refractivity contribution in [3.63, 3.8) is 0 Å². The number of rotatable bonds is 13. The molecule has 0 spiro atoms. The average Bonchev–Trinajstić information content (AvgIpc) is 3.14. The second-order valence-corrected chi connectivity index (χ2v) is 12.2. The fourth-order valence-corrected chi connectivity index (χ4v) is 5.62. The summed E-state index contributed by atoms with van der Waals surface area (Å²) >= 11 is 0. The van der Waals surface area contributed by atoms with Crippen molar-refractivity contribution in [2.75, 3.05) is 23.8 Å². The molecule has 0 saturated heterocycles. The Bertz CT molecular complexity index is 1890. The molecule has 6 rings (SSSR count). The summed E-state index contributed by atoms with van der Waals surface area (Å²) in [7, 11) is 0. The maximum Gasteiger partial charge on any atom is 0.255 e. The molecular weight excluding hydrogens is 620 g/mol. The predicted molar refractivity (Wildman–Crippen MR) is 201 cm³/mol. The number of amides is 2. The maximum atomic E-state index is 13.0. The van der Waals surface area contributed by atoms with Gasteiger partial charge in [0.05, 0.1) is 13.2 Å². The van der Waals surface area contributed by atoms with Gasteiger partial charge in [-0.05, 0) is 120 Å². The summed E-state index contributed by atoms with van der Waals surface area (Å²) in [5.41, 5.74) is 8.97. The number of benzene rings is 6. The van der Waals surface area contributed by atoms with Gasteiger partial charge in [-0.15, -0.1) is 0 Å².